The number of nitrogens with one attached hydrogen (secondary N) is 1. The Kier molecular flexibility index (Phi) is 6.48. The number of hydrogen-bond acceptors (Lipinski definition) is 7. The zero-order valence-electron chi connectivity index (χ0n) is 12.0. The van der Waals surface area contributed by atoms with Crippen molar-refractivity contribution < 1.29 is 9.47 Å². The van der Waals surface area contributed by atoms with Gasteiger partial charge in [-0.25, -0.2) is 15.8 Å². The molecule has 0 radical (unpaired) electrons. The molecule has 108 valence electrons. The average Bonchev–Trinajstić information content (AvgIpc) is 2.44. The van der Waals surface area contributed by atoms with E-state index in [1.54, 1.807) is 13.2 Å². The molecule has 1 atom stereocenters. The normalized spacial score (nSPS) is 12.3. The van der Waals surface area contributed by atoms with Gasteiger partial charge in [0.2, 0.25) is 0 Å². The Bertz CT molecular complexity index is 388. The summed E-state index contributed by atoms with van der Waals surface area (Å²) in [5.41, 5.74) is 2.55. The molecule has 0 spiro atoms. The van der Waals surface area contributed by atoms with E-state index >= 15 is 0 Å². The molecule has 0 aromatic carbocycles. The van der Waals surface area contributed by atoms with Crippen LogP contribution in [0.5, 0.6) is 0 Å². The Labute approximate surface area is 114 Å². The lowest BCUT2D eigenvalue weighted by molar-refractivity contribution is 0.128. The van der Waals surface area contributed by atoms with E-state index in [2.05, 4.69) is 22.3 Å². The third-order valence-corrected chi connectivity index (χ3v) is 2.77. The van der Waals surface area contributed by atoms with E-state index in [9.17, 15) is 0 Å². The van der Waals surface area contributed by atoms with Crippen LogP contribution in [0.3, 0.4) is 0 Å². The van der Waals surface area contributed by atoms with E-state index in [0.717, 1.165) is 5.82 Å². The summed E-state index contributed by atoms with van der Waals surface area (Å²) < 4.78 is 10.5. The highest BCUT2D eigenvalue weighted by Gasteiger charge is 2.13. The van der Waals surface area contributed by atoms with E-state index in [-0.39, 0.29) is 6.04 Å². The van der Waals surface area contributed by atoms with Crippen LogP contribution in [0.15, 0.2) is 6.07 Å². The SMILES string of the molecule is CCOCc1nc(NN)cc(N(C)C(C)COC)n1. The molecule has 1 rings (SSSR count). The maximum Gasteiger partial charge on any atom is 0.158 e. The predicted molar refractivity (Wildman–Crippen MR) is 74.9 cm³/mol. The highest BCUT2D eigenvalue weighted by molar-refractivity contribution is 5.48. The maximum absolute atomic E-state index is 5.43. The molecule has 7 heteroatoms. The van der Waals surface area contributed by atoms with Crippen LogP contribution in [-0.4, -0.2) is 43.4 Å². The van der Waals surface area contributed by atoms with E-state index in [0.29, 0.717) is 31.5 Å². The van der Waals surface area contributed by atoms with Gasteiger partial charge in [-0.1, -0.05) is 0 Å². The number of aromatic nitrogens is 2. The van der Waals surface area contributed by atoms with Gasteiger partial charge in [0, 0.05) is 26.8 Å². The number of methoxy groups -OCH3 is 1. The van der Waals surface area contributed by atoms with Gasteiger partial charge in [0.25, 0.3) is 0 Å². The monoisotopic (exact) mass is 269 g/mol. The highest BCUT2D eigenvalue weighted by Crippen LogP contribution is 2.17. The fraction of sp³-hybridized carbons (Fsp3) is 0.667. The van der Waals surface area contributed by atoms with Gasteiger partial charge in [-0.3, -0.25) is 0 Å². The lowest BCUT2D eigenvalue weighted by Crippen LogP contribution is -2.33. The molecule has 1 aromatic rings. The van der Waals surface area contributed by atoms with Crippen molar-refractivity contribution in [3.63, 3.8) is 0 Å². The minimum atomic E-state index is 0.200. The number of rotatable bonds is 8. The summed E-state index contributed by atoms with van der Waals surface area (Å²) in [7, 11) is 3.63. The smallest absolute Gasteiger partial charge is 0.158 e. The van der Waals surface area contributed by atoms with Crippen LogP contribution in [0.4, 0.5) is 11.6 Å². The molecule has 0 saturated heterocycles. The van der Waals surface area contributed by atoms with Crippen LogP contribution in [-0.2, 0) is 16.1 Å². The zero-order chi connectivity index (χ0) is 14.3. The summed E-state index contributed by atoms with van der Waals surface area (Å²) in [5.74, 6) is 7.37. The topological polar surface area (TPSA) is 85.5 Å². The Morgan fingerprint density at radius 1 is 1.47 bits per heavy atom. The minimum absolute atomic E-state index is 0.200. The van der Waals surface area contributed by atoms with Gasteiger partial charge < -0.3 is 19.8 Å². The number of hydrazine groups is 1. The first kappa shape index (κ1) is 15.6. The second-order valence-corrected chi connectivity index (χ2v) is 4.22. The summed E-state index contributed by atoms with van der Waals surface area (Å²) in [5, 5.41) is 0. The molecule has 0 aliphatic carbocycles. The number of hydrogen-bond donors (Lipinski definition) is 2. The van der Waals surface area contributed by atoms with Crippen molar-refractivity contribution in [1.29, 1.82) is 0 Å². The summed E-state index contributed by atoms with van der Waals surface area (Å²) in [6.07, 6.45) is 0. The molecule has 0 fully saturated rings. The van der Waals surface area contributed by atoms with Crippen molar-refractivity contribution in [2.45, 2.75) is 26.5 Å². The number of ether oxygens (including phenoxy) is 2. The molecule has 1 heterocycles. The zero-order valence-corrected chi connectivity index (χ0v) is 12.0. The van der Waals surface area contributed by atoms with Crippen LogP contribution < -0.4 is 16.2 Å². The maximum atomic E-state index is 5.43. The second kappa shape index (κ2) is 7.88. The first-order valence-corrected chi connectivity index (χ1v) is 6.26. The van der Waals surface area contributed by atoms with Gasteiger partial charge >= 0.3 is 0 Å². The molecule has 0 aliphatic heterocycles. The molecule has 0 saturated carbocycles. The fourth-order valence-electron chi connectivity index (χ4n) is 1.57. The van der Waals surface area contributed by atoms with Gasteiger partial charge in [0.15, 0.2) is 5.82 Å². The van der Waals surface area contributed by atoms with Gasteiger partial charge in [0.05, 0.1) is 12.6 Å². The standard InChI is InChI=1S/C12H23N5O2/c1-5-19-8-11-14-10(16-13)6-12(15-11)17(3)9(2)7-18-4/h6,9H,5,7-8,13H2,1-4H3,(H,14,15,16). The largest absolute Gasteiger partial charge is 0.383 e. The molecule has 7 nitrogen and oxygen atoms in total. The molecule has 19 heavy (non-hydrogen) atoms. The van der Waals surface area contributed by atoms with E-state index in [4.69, 9.17) is 15.3 Å². The third-order valence-electron chi connectivity index (χ3n) is 2.77. The number of anilines is 2. The summed E-state index contributed by atoms with van der Waals surface area (Å²) >= 11 is 0. The Hall–Kier alpha value is -1.44. The van der Waals surface area contributed by atoms with Crippen molar-refractivity contribution in [3.8, 4) is 0 Å². The number of nitrogens with two attached hydrogens (primary N) is 1. The fourth-order valence-corrected chi connectivity index (χ4v) is 1.57. The van der Waals surface area contributed by atoms with Gasteiger partial charge in [0.1, 0.15) is 18.2 Å². The van der Waals surface area contributed by atoms with Crippen LogP contribution in [0, 0.1) is 0 Å². The molecule has 0 amide bonds. The van der Waals surface area contributed by atoms with Crippen molar-refractivity contribution in [2.75, 3.05) is 37.7 Å². The quantitative estimate of drug-likeness (QED) is 0.532. The van der Waals surface area contributed by atoms with E-state index in [1.807, 2.05) is 18.9 Å². The van der Waals surface area contributed by atoms with Crippen LogP contribution in [0.1, 0.15) is 19.7 Å². The third kappa shape index (κ3) is 4.62. The lowest BCUT2D eigenvalue weighted by atomic mass is 10.3. The van der Waals surface area contributed by atoms with Crippen molar-refractivity contribution >= 4 is 11.6 Å². The molecule has 0 bridgehead atoms. The van der Waals surface area contributed by atoms with Crippen LogP contribution in [0.2, 0.25) is 0 Å². The van der Waals surface area contributed by atoms with Crippen LogP contribution in [0.25, 0.3) is 0 Å². The van der Waals surface area contributed by atoms with E-state index < -0.39 is 0 Å². The molecular weight excluding hydrogens is 246 g/mol. The van der Waals surface area contributed by atoms with Gasteiger partial charge in [-0.15, -0.1) is 0 Å². The van der Waals surface area contributed by atoms with Crippen molar-refractivity contribution in [2.24, 2.45) is 5.84 Å². The number of nitrogen functional groups attached to an aromatic ring is 1. The first-order chi connectivity index (χ1) is 9.12. The van der Waals surface area contributed by atoms with E-state index in [1.165, 1.54) is 0 Å². The highest BCUT2D eigenvalue weighted by atomic mass is 16.5. The first-order valence-electron chi connectivity index (χ1n) is 6.26. The van der Waals surface area contributed by atoms with Crippen molar-refractivity contribution in [3.05, 3.63) is 11.9 Å². The molecular formula is C12H23N5O2. The predicted octanol–water partition coefficient (Wildman–Crippen LogP) is 0.770. The summed E-state index contributed by atoms with van der Waals surface area (Å²) in [4.78, 5) is 10.7. The van der Waals surface area contributed by atoms with Gasteiger partial charge in [-0.05, 0) is 13.8 Å². The minimum Gasteiger partial charge on any atom is -0.383 e. The Morgan fingerprint density at radius 3 is 2.79 bits per heavy atom. The number of nitrogens with zero attached hydrogens (tertiary/aromatic N) is 3. The van der Waals surface area contributed by atoms with Gasteiger partial charge in [-0.2, -0.15) is 0 Å². The molecule has 0 aliphatic rings. The van der Waals surface area contributed by atoms with Crippen molar-refractivity contribution in [1.82, 2.24) is 9.97 Å². The summed E-state index contributed by atoms with van der Waals surface area (Å²) in [6.45, 7) is 5.59. The number of likely N-dealkylation sites (N-methyl/N-ethyl adjacent to an activating group) is 1. The molecule has 3 N–H and O–H groups in total. The van der Waals surface area contributed by atoms with Crippen LogP contribution >= 0.6 is 0 Å². The summed E-state index contributed by atoms with van der Waals surface area (Å²) in [6, 6.07) is 1.99. The second-order valence-electron chi connectivity index (χ2n) is 4.22. The Morgan fingerprint density at radius 2 is 2.21 bits per heavy atom. The lowest BCUT2D eigenvalue weighted by Gasteiger charge is -2.25. The Balaban J connectivity index is 2.91. The molecule has 1 unspecified atom stereocenters. The molecule has 1 aromatic heterocycles. The average molecular weight is 269 g/mol.